The molecule has 0 aliphatic carbocycles. The maximum Gasteiger partial charge on any atom is 0.282 e. The Morgan fingerprint density at radius 1 is 1.24 bits per heavy atom. The highest BCUT2D eigenvalue weighted by Gasteiger charge is 2.37. The Balaban J connectivity index is 2.90. The van der Waals surface area contributed by atoms with Gasteiger partial charge >= 0.3 is 0 Å². The maximum absolute atomic E-state index is 13.0. The molecule has 1 rings (SSSR count). The van der Waals surface area contributed by atoms with Crippen LogP contribution in [-0.4, -0.2) is 54.8 Å². The Morgan fingerprint density at radius 2 is 1.90 bits per heavy atom. The molecule has 1 saturated heterocycles. The predicted molar refractivity (Wildman–Crippen MR) is 88.5 cm³/mol. The number of nitrogens with one attached hydrogen (secondary N) is 1. The molecule has 1 aliphatic heterocycles. The van der Waals surface area contributed by atoms with Gasteiger partial charge in [0.1, 0.15) is 0 Å². The van der Waals surface area contributed by atoms with Crippen molar-refractivity contribution in [1.29, 1.82) is 0 Å². The zero-order valence-electron chi connectivity index (χ0n) is 14.3. The van der Waals surface area contributed by atoms with Gasteiger partial charge in [-0.15, -0.1) is 0 Å². The van der Waals surface area contributed by atoms with Gasteiger partial charge in [-0.1, -0.05) is 34.1 Å². The normalized spacial score (nSPS) is 22.9. The molecular formula is C15H33N3O2S. The summed E-state index contributed by atoms with van der Waals surface area (Å²) in [6, 6.07) is 0.526. The van der Waals surface area contributed by atoms with Crippen molar-refractivity contribution in [2.75, 3.05) is 19.6 Å². The maximum atomic E-state index is 13.0. The standard InChI is InChI=1S/C15H33N3O2S/c1-6-14(5)17(7-2)21(19,20)18-11-9-8-10-15(18)12-16-13(3)4/h13-16H,6-12H2,1-5H3. The van der Waals surface area contributed by atoms with Crippen molar-refractivity contribution in [3.63, 3.8) is 0 Å². The number of nitrogens with zero attached hydrogens (tertiary/aromatic N) is 2. The minimum absolute atomic E-state index is 0.0561. The highest BCUT2D eigenvalue weighted by Crippen LogP contribution is 2.24. The second kappa shape index (κ2) is 8.46. The molecule has 0 bridgehead atoms. The summed E-state index contributed by atoms with van der Waals surface area (Å²) in [6.45, 7) is 12.1. The van der Waals surface area contributed by atoms with Gasteiger partial charge in [-0.25, -0.2) is 0 Å². The molecule has 21 heavy (non-hydrogen) atoms. The van der Waals surface area contributed by atoms with E-state index in [9.17, 15) is 8.42 Å². The fourth-order valence-electron chi connectivity index (χ4n) is 2.89. The lowest BCUT2D eigenvalue weighted by Gasteiger charge is -2.39. The SMILES string of the molecule is CCC(C)N(CC)S(=O)(=O)N1CCCCC1CNC(C)C. The van der Waals surface area contributed by atoms with Gasteiger partial charge in [0.15, 0.2) is 0 Å². The minimum Gasteiger partial charge on any atom is -0.313 e. The van der Waals surface area contributed by atoms with Crippen LogP contribution in [0.5, 0.6) is 0 Å². The Morgan fingerprint density at radius 3 is 2.43 bits per heavy atom. The quantitative estimate of drug-likeness (QED) is 0.746. The molecule has 126 valence electrons. The smallest absolute Gasteiger partial charge is 0.282 e. The lowest BCUT2D eigenvalue weighted by molar-refractivity contribution is 0.214. The van der Waals surface area contributed by atoms with Crippen molar-refractivity contribution < 1.29 is 8.42 Å². The first-order valence-corrected chi connectivity index (χ1v) is 9.76. The number of hydrogen-bond acceptors (Lipinski definition) is 3. The van der Waals surface area contributed by atoms with Gasteiger partial charge in [-0.2, -0.15) is 17.0 Å². The Labute approximate surface area is 131 Å². The fourth-order valence-corrected chi connectivity index (χ4v) is 5.01. The van der Waals surface area contributed by atoms with Crippen molar-refractivity contribution in [2.45, 2.75) is 78.4 Å². The highest BCUT2D eigenvalue weighted by molar-refractivity contribution is 7.86. The zero-order chi connectivity index (χ0) is 16.0. The van der Waals surface area contributed by atoms with Gasteiger partial charge in [0.2, 0.25) is 0 Å². The second-order valence-electron chi connectivity index (χ2n) is 6.29. The largest absolute Gasteiger partial charge is 0.313 e. The van der Waals surface area contributed by atoms with E-state index in [1.54, 1.807) is 8.61 Å². The van der Waals surface area contributed by atoms with E-state index in [0.29, 0.717) is 19.1 Å². The van der Waals surface area contributed by atoms with Gasteiger partial charge in [-0.3, -0.25) is 0 Å². The van der Waals surface area contributed by atoms with Crippen LogP contribution in [0.2, 0.25) is 0 Å². The third-order valence-corrected chi connectivity index (χ3v) is 6.61. The first-order valence-electron chi connectivity index (χ1n) is 8.36. The Hall–Kier alpha value is -0.170. The van der Waals surface area contributed by atoms with Crippen LogP contribution < -0.4 is 5.32 Å². The molecule has 2 atom stereocenters. The summed E-state index contributed by atoms with van der Waals surface area (Å²) in [5, 5.41) is 3.39. The average molecular weight is 320 g/mol. The van der Waals surface area contributed by atoms with Crippen LogP contribution in [0.25, 0.3) is 0 Å². The molecule has 1 fully saturated rings. The summed E-state index contributed by atoms with van der Waals surface area (Å²) in [5.74, 6) is 0. The van der Waals surface area contributed by atoms with Crippen LogP contribution in [0.4, 0.5) is 0 Å². The van der Waals surface area contributed by atoms with Crippen LogP contribution in [0.15, 0.2) is 0 Å². The fraction of sp³-hybridized carbons (Fsp3) is 1.00. The van der Waals surface area contributed by atoms with Crippen LogP contribution in [0.1, 0.15) is 60.3 Å². The van der Waals surface area contributed by atoms with E-state index < -0.39 is 10.2 Å². The Kier molecular flexibility index (Phi) is 7.60. The zero-order valence-corrected chi connectivity index (χ0v) is 15.1. The molecule has 0 aromatic carbocycles. The first-order chi connectivity index (χ1) is 9.84. The number of hydrogen-bond donors (Lipinski definition) is 1. The Bertz CT molecular complexity index is 398. The summed E-state index contributed by atoms with van der Waals surface area (Å²) in [6.07, 6.45) is 3.88. The molecule has 1 aliphatic rings. The van der Waals surface area contributed by atoms with E-state index in [0.717, 1.165) is 32.2 Å². The molecule has 0 aromatic rings. The molecule has 0 amide bonds. The van der Waals surface area contributed by atoms with E-state index in [2.05, 4.69) is 19.2 Å². The molecule has 0 saturated carbocycles. The monoisotopic (exact) mass is 319 g/mol. The lowest BCUT2D eigenvalue weighted by Crippen LogP contribution is -2.55. The van der Waals surface area contributed by atoms with Gasteiger partial charge in [0, 0.05) is 37.8 Å². The second-order valence-corrected chi connectivity index (χ2v) is 8.13. The molecule has 2 unspecified atom stereocenters. The summed E-state index contributed by atoms with van der Waals surface area (Å²) in [5.41, 5.74) is 0. The molecule has 0 spiro atoms. The predicted octanol–water partition coefficient (Wildman–Crippen LogP) is 2.20. The van der Waals surface area contributed by atoms with Crippen LogP contribution >= 0.6 is 0 Å². The molecular weight excluding hydrogens is 286 g/mol. The molecule has 5 nitrogen and oxygen atoms in total. The number of piperidine rings is 1. The van der Waals surface area contributed by atoms with Crippen molar-refractivity contribution in [3.05, 3.63) is 0 Å². The van der Waals surface area contributed by atoms with E-state index in [1.165, 1.54) is 0 Å². The molecule has 0 aromatic heterocycles. The van der Waals surface area contributed by atoms with Crippen LogP contribution in [0.3, 0.4) is 0 Å². The molecule has 0 radical (unpaired) electrons. The summed E-state index contributed by atoms with van der Waals surface area (Å²) < 4.78 is 29.4. The van der Waals surface area contributed by atoms with Crippen molar-refractivity contribution in [3.8, 4) is 0 Å². The highest BCUT2D eigenvalue weighted by atomic mass is 32.2. The van der Waals surface area contributed by atoms with E-state index in [4.69, 9.17) is 0 Å². The average Bonchev–Trinajstić information content (AvgIpc) is 2.45. The third kappa shape index (κ3) is 4.91. The van der Waals surface area contributed by atoms with Crippen molar-refractivity contribution in [1.82, 2.24) is 13.9 Å². The van der Waals surface area contributed by atoms with Crippen LogP contribution in [-0.2, 0) is 10.2 Å². The summed E-state index contributed by atoms with van der Waals surface area (Å²) >= 11 is 0. The topological polar surface area (TPSA) is 52.7 Å². The molecule has 1 N–H and O–H groups in total. The third-order valence-electron chi connectivity index (χ3n) is 4.32. The summed E-state index contributed by atoms with van der Waals surface area (Å²) in [7, 11) is -3.36. The van der Waals surface area contributed by atoms with Crippen molar-refractivity contribution >= 4 is 10.2 Å². The van der Waals surface area contributed by atoms with E-state index in [1.807, 2.05) is 20.8 Å². The van der Waals surface area contributed by atoms with Crippen molar-refractivity contribution in [2.24, 2.45) is 0 Å². The molecule has 1 heterocycles. The van der Waals surface area contributed by atoms with Crippen LogP contribution in [0, 0.1) is 0 Å². The number of rotatable bonds is 8. The van der Waals surface area contributed by atoms with Gasteiger partial charge in [0.25, 0.3) is 10.2 Å². The van der Waals surface area contributed by atoms with E-state index in [-0.39, 0.29) is 12.1 Å². The molecule has 6 heteroatoms. The summed E-state index contributed by atoms with van der Waals surface area (Å²) in [4.78, 5) is 0. The van der Waals surface area contributed by atoms with Gasteiger partial charge < -0.3 is 5.32 Å². The van der Waals surface area contributed by atoms with Gasteiger partial charge in [0.05, 0.1) is 0 Å². The first kappa shape index (κ1) is 18.9. The van der Waals surface area contributed by atoms with Gasteiger partial charge in [-0.05, 0) is 26.2 Å². The lowest BCUT2D eigenvalue weighted by atomic mass is 10.0. The van der Waals surface area contributed by atoms with E-state index >= 15 is 0 Å². The minimum atomic E-state index is -3.36.